The Kier molecular flexibility index (Phi) is 7.23. The molecule has 0 aliphatic carbocycles. The Morgan fingerprint density at radius 1 is 1.03 bits per heavy atom. The Labute approximate surface area is 180 Å². The smallest absolute Gasteiger partial charge is 0.323 e. The molecule has 0 radical (unpaired) electrons. The molecule has 0 saturated carbocycles. The first kappa shape index (κ1) is 21.3. The number of halogens is 2. The molecule has 154 valence electrons. The summed E-state index contributed by atoms with van der Waals surface area (Å²) in [6.07, 6.45) is 3.07. The number of benzene rings is 2. The zero-order valence-electron chi connectivity index (χ0n) is 16.2. The van der Waals surface area contributed by atoms with E-state index in [0.29, 0.717) is 33.5 Å². The average molecular weight is 435 g/mol. The van der Waals surface area contributed by atoms with Gasteiger partial charge < -0.3 is 20.9 Å². The first-order valence-corrected chi connectivity index (χ1v) is 10.4. The highest BCUT2D eigenvalue weighted by atomic mass is 35.5. The van der Waals surface area contributed by atoms with Crippen molar-refractivity contribution >= 4 is 52.2 Å². The second kappa shape index (κ2) is 9.85. The van der Waals surface area contributed by atoms with E-state index in [0.717, 1.165) is 38.0 Å². The quantitative estimate of drug-likeness (QED) is 0.571. The fraction of sp³-hybridized carbons (Fsp3) is 0.333. The molecule has 3 amide bonds. The lowest BCUT2D eigenvalue weighted by molar-refractivity contribution is 0.0954. The molecule has 0 bridgehead atoms. The number of hydrogen-bond acceptors (Lipinski definition) is 3. The zero-order valence-corrected chi connectivity index (χ0v) is 17.7. The number of anilines is 3. The fourth-order valence-corrected chi connectivity index (χ4v) is 3.75. The molecule has 3 N–H and O–H groups in total. The van der Waals surface area contributed by atoms with Crippen molar-refractivity contribution in [2.24, 2.45) is 0 Å². The molecule has 2 aromatic rings. The van der Waals surface area contributed by atoms with Crippen LogP contribution >= 0.6 is 23.2 Å². The third kappa shape index (κ3) is 5.34. The normalized spacial score (nSPS) is 13.3. The number of nitrogens with one attached hydrogen (secondary N) is 3. The second-order valence-corrected chi connectivity index (χ2v) is 7.67. The molecule has 1 heterocycles. The van der Waals surface area contributed by atoms with Crippen LogP contribution in [0.15, 0.2) is 36.4 Å². The Bertz CT molecular complexity index is 878. The highest BCUT2D eigenvalue weighted by Gasteiger charge is 2.20. The number of carbonyl (C=O) groups excluding carboxylic acids is 2. The van der Waals surface area contributed by atoms with Crippen molar-refractivity contribution in [1.29, 1.82) is 0 Å². The highest BCUT2D eigenvalue weighted by Crippen LogP contribution is 2.31. The van der Waals surface area contributed by atoms with Crippen molar-refractivity contribution in [1.82, 2.24) is 5.32 Å². The summed E-state index contributed by atoms with van der Waals surface area (Å²) in [7, 11) is 0. The van der Waals surface area contributed by atoms with E-state index in [-0.39, 0.29) is 5.91 Å². The summed E-state index contributed by atoms with van der Waals surface area (Å²) in [6, 6.07) is 9.86. The van der Waals surface area contributed by atoms with Crippen molar-refractivity contribution in [3.05, 3.63) is 52.0 Å². The Hall–Kier alpha value is -2.44. The molecular weight excluding hydrogens is 411 g/mol. The number of hydrogen-bond donors (Lipinski definition) is 3. The molecule has 8 heteroatoms. The van der Waals surface area contributed by atoms with Gasteiger partial charge in [0.1, 0.15) is 0 Å². The van der Waals surface area contributed by atoms with Gasteiger partial charge in [-0.15, -0.1) is 0 Å². The van der Waals surface area contributed by atoms with E-state index in [1.165, 1.54) is 0 Å². The number of rotatable bonds is 6. The highest BCUT2D eigenvalue weighted by molar-refractivity contribution is 6.39. The minimum absolute atomic E-state index is 0.146. The van der Waals surface area contributed by atoms with Gasteiger partial charge in [-0.2, -0.15) is 0 Å². The molecule has 29 heavy (non-hydrogen) atoms. The minimum Gasteiger partial charge on any atom is -0.371 e. The van der Waals surface area contributed by atoms with E-state index < -0.39 is 6.03 Å². The minimum atomic E-state index is -0.492. The van der Waals surface area contributed by atoms with Crippen molar-refractivity contribution in [3.63, 3.8) is 0 Å². The molecule has 1 saturated heterocycles. The van der Waals surface area contributed by atoms with Gasteiger partial charge in [0.05, 0.1) is 21.3 Å². The number of amides is 3. The predicted molar refractivity (Wildman–Crippen MR) is 120 cm³/mol. The maximum atomic E-state index is 12.7. The Balaban J connectivity index is 1.80. The molecule has 0 aromatic heterocycles. The van der Waals surface area contributed by atoms with Crippen LogP contribution in [-0.2, 0) is 0 Å². The zero-order chi connectivity index (χ0) is 20.8. The second-order valence-electron chi connectivity index (χ2n) is 6.86. The van der Waals surface area contributed by atoms with Crippen LogP contribution in [0.4, 0.5) is 21.9 Å². The van der Waals surface area contributed by atoms with Crippen molar-refractivity contribution in [3.8, 4) is 0 Å². The summed E-state index contributed by atoms with van der Waals surface area (Å²) in [5, 5.41) is 9.01. The topological polar surface area (TPSA) is 73.5 Å². The van der Waals surface area contributed by atoms with Crippen molar-refractivity contribution in [2.75, 3.05) is 35.2 Å². The fourth-order valence-electron chi connectivity index (χ4n) is 3.26. The lowest BCUT2D eigenvalue weighted by Gasteiger charge is -2.22. The third-order valence-corrected chi connectivity index (χ3v) is 5.31. The molecular formula is C21H24Cl2N4O2. The summed E-state index contributed by atoms with van der Waals surface area (Å²) in [5.41, 5.74) is 2.28. The van der Waals surface area contributed by atoms with Crippen LogP contribution in [0.3, 0.4) is 0 Å². The molecule has 1 aliphatic heterocycles. The van der Waals surface area contributed by atoms with Gasteiger partial charge in [-0.05, 0) is 49.6 Å². The van der Waals surface area contributed by atoms with Crippen LogP contribution in [0.25, 0.3) is 0 Å². The molecule has 1 fully saturated rings. The van der Waals surface area contributed by atoms with E-state index in [9.17, 15) is 9.59 Å². The van der Waals surface area contributed by atoms with Crippen LogP contribution in [-0.4, -0.2) is 31.6 Å². The van der Waals surface area contributed by atoms with Gasteiger partial charge in [-0.1, -0.05) is 36.2 Å². The van der Waals surface area contributed by atoms with Crippen LogP contribution in [0.1, 0.15) is 36.5 Å². The number of para-hydroxylation sites is 1. The lowest BCUT2D eigenvalue weighted by atomic mass is 10.1. The van der Waals surface area contributed by atoms with E-state index >= 15 is 0 Å². The van der Waals surface area contributed by atoms with Crippen LogP contribution in [0.5, 0.6) is 0 Å². The average Bonchev–Trinajstić information content (AvgIpc) is 3.23. The lowest BCUT2D eigenvalue weighted by Crippen LogP contribution is -2.28. The van der Waals surface area contributed by atoms with Crippen LogP contribution < -0.4 is 20.9 Å². The molecule has 2 aromatic carbocycles. The standard InChI is InChI=1S/C21H24Cl2N4O2/c1-2-10-24-20(28)15-13-14(8-9-18(15)27-11-3-4-12-27)25-21(29)26-19-16(22)6-5-7-17(19)23/h5-9,13H,2-4,10-12H2,1H3,(H,24,28)(H2,25,26,29). The third-order valence-electron chi connectivity index (χ3n) is 4.68. The SMILES string of the molecule is CCCNC(=O)c1cc(NC(=O)Nc2c(Cl)cccc2Cl)ccc1N1CCCC1. The van der Waals surface area contributed by atoms with Gasteiger partial charge >= 0.3 is 6.03 Å². The van der Waals surface area contributed by atoms with Gasteiger partial charge in [-0.3, -0.25) is 4.79 Å². The van der Waals surface area contributed by atoms with Crippen LogP contribution in [0, 0.1) is 0 Å². The first-order valence-electron chi connectivity index (χ1n) is 9.68. The largest absolute Gasteiger partial charge is 0.371 e. The summed E-state index contributed by atoms with van der Waals surface area (Å²) >= 11 is 12.2. The number of nitrogens with zero attached hydrogens (tertiary/aromatic N) is 1. The molecule has 0 unspecified atom stereocenters. The van der Waals surface area contributed by atoms with Gasteiger partial charge in [-0.25, -0.2) is 4.79 Å². The monoisotopic (exact) mass is 434 g/mol. The number of urea groups is 1. The summed E-state index contributed by atoms with van der Waals surface area (Å²) < 4.78 is 0. The van der Waals surface area contributed by atoms with Gasteiger partial charge in [0.15, 0.2) is 0 Å². The van der Waals surface area contributed by atoms with Crippen LogP contribution in [0.2, 0.25) is 10.0 Å². The molecule has 0 atom stereocenters. The maximum absolute atomic E-state index is 12.7. The predicted octanol–water partition coefficient (Wildman–Crippen LogP) is 5.38. The van der Waals surface area contributed by atoms with E-state index in [1.54, 1.807) is 30.3 Å². The Morgan fingerprint density at radius 3 is 2.38 bits per heavy atom. The summed E-state index contributed by atoms with van der Waals surface area (Å²) in [5.74, 6) is -0.146. The maximum Gasteiger partial charge on any atom is 0.323 e. The first-order chi connectivity index (χ1) is 14.0. The van der Waals surface area contributed by atoms with E-state index in [4.69, 9.17) is 23.2 Å². The summed E-state index contributed by atoms with van der Waals surface area (Å²) in [4.78, 5) is 27.3. The molecule has 6 nitrogen and oxygen atoms in total. The van der Waals surface area contributed by atoms with Gasteiger partial charge in [0.2, 0.25) is 0 Å². The van der Waals surface area contributed by atoms with Crippen molar-refractivity contribution < 1.29 is 9.59 Å². The van der Waals surface area contributed by atoms with E-state index in [1.807, 2.05) is 13.0 Å². The molecule has 1 aliphatic rings. The number of carbonyl (C=O) groups is 2. The van der Waals surface area contributed by atoms with Gasteiger partial charge in [0, 0.05) is 31.0 Å². The summed E-state index contributed by atoms with van der Waals surface area (Å²) in [6.45, 7) is 4.45. The molecule has 0 spiro atoms. The van der Waals surface area contributed by atoms with Crippen molar-refractivity contribution in [2.45, 2.75) is 26.2 Å². The van der Waals surface area contributed by atoms with E-state index in [2.05, 4.69) is 20.9 Å². The Morgan fingerprint density at radius 2 is 1.72 bits per heavy atom. The van der Waals surface area contributed by atoms with Gasteiger partial charge in [0.25, 0.3) is 5.91 Å². The molecule has 3 rings (SSSR count).